The predicted molar refractivity (Wildman–Crippen MR) is 89.4 cm³/mol. The minimum Gasteiger partial charge on any atom is -0.378 e. The Morgan fingerprint density at radius 1 is 1.35 bits per heavy atom. The van der Waals surface area contributed by atoms with E-state index in [1.54, 1.807) is 11.3 Å². The normalized spacial score (nSPS) is 14.3. The van der Waals surface area contributed by atoms with Gasteiger partial charge in [-0.2, -0.15) is 5.26 Å². The number of nitrogens with zero attached hydrogens (tertiary/aromatic N) is 3. The molecule has 0 saturated carbocycles. The van der Waals surface area contributed by atoms with Crippen LogP contribution in [0.1, 0.15) is 6.42 Å². The van der Waals surface area contributed by atoms with Crippen LogP contribution >= 0.6 is 11.3 Å². The number of rotatable bonds is 4. The van der Waals surface area contributed by atoms with Crippen molar-refractivity contribution >= 4 is 28.1 Å². The molecular weight excluding hydrogens is 312 g/mol. The van der Waals surface area contributed by atoms with E-state index in [4.69, 9.17) is 10.00 Å². The molecule has 1 aliphatic heterocycles. The minimum absolute atomic E-state index is 0.142. The van der Waals surface area contributed by atoms with Crippen LogP contribution in [-0.4, -0.2) is 37.2 Å². The Morgan fingerprint density at radius 3 is 2.78 bits per heavy atom. The Bertz CT molecular complexity index is 714. The largest absolute Gasteiger partial charge is 0.378 e. The van der Waals surface area contributed by atoms with Crippen molar-refractivity contribution in [3.8, 4) is 17.3 Å². The number of carbonyl (C=O) groups excluding carboxylic acids is 1. The zero-order valence-electron chi connectivity index (χ0n) is 12.5. The van der Waals surface area contributed by atoms with Crippen LogP contribution in [0, 0.1) is 11.3 Å². The maximum atomic E-state index is 11.4. The first-order chi connectivity index (χ1) is 11.3. The highest BCUT2D eigenvalue weighted by atomic mass is 32.1. The van der Waals surface area contributed by atoms with E-state index in [0.29, 0.717) is 5.69 Å². The van der Waals surface area contributed by atoms with E-state index in [2.05, 4.69) is 15.2 Å². The SMILES string of the molecule is N#CCC(=O)Nc1ccc(-c2csc(N3CCOCC3)n2)cc1. The Kier molecular flexibility index (Phi) is 4.86. The fraction of sp³-hybridized carbons (Fsp3) is 0.312. The third kappa shape index (κ3) is 3.86. The van der Waals surface area contributed by atoms with Crippen molar-refractivity contribution in [1.82, 2.24) is 4.98 Å². The number of benzene rings is 1. The van der Waals surface area contributed by atoms with Crippen LogP contribution in [-0.2, 0) is 9.53 Å². The van der Waals surface area contributed by atoms with Gasteiger partial charge in [-0.25, -0.2) is 4.98 Å². The highest BCUT2D eigenvalue weighted by molar-refractivity contribution is 7.14. The first-order valence-corrected chi connectivity index (χ1v) is 8.19. The van der Waals surface area contributed by atoms with Crippen LogP contribution in [0.3, 0.4) is 0 Å². The molecule has 1 aliphatic rings. The summed E-state index contributed by atoms with van der Waals surface area (Å²) < 4.78 is 5.36. The molecule has 0 spiro atoms. The fourth-order valence-electron chi connectivity index (χ4n) is 2.30. The zero-order valence-corrected chi connectivity index (χ0v) is 13.3. The molecule has 1 amide bonds. The van der Waals surface area contributed by atoms with Crippen LogP contribution in [0.25, 0.3) is 11.3 Å². The molecule has 1 aromatic heterocycles. The summed E-state index contributed by atoms with van der Waals surface area (Å²) in [5, 5.41) is 14.2. The molecule has 0 radical (unpaired) electrons. The lowest BCUT2D eigenvalue weighted by atomic mass is 10.1. The van der Waals surface area contributed by atoms with Crippen LogP contribution in [0.4, 0.5) is 10.8 Å². The lowest BCUT2D eigenvalue weighted by Gasteiger charge is -2.26. The molecule has 23 heavy (non-hydrogen) atoms. The van der Waals surface area contributed by atoms with Crippen molar-refractivity contribution in [2.75, 3.05) is 36.5 Å². The highest BCUT2D eigenvalue weighted by Gasteiger charge is 2.15. The fourth-order valence-corrected chi connectivity index (χ4v) is 3.19. The highest BCUT2D eigenvalue weighted by Crippen LogP contribution is 2.28. The molecule has 2 heterocycles. The van der Waals surface area contributed by atoms with Gasteiger partial charge in [-0.05, 0) is 12.1 Å². The summed E-state index contributed by atoms with van der Waals surface area (Å²) in [5.41, 5.74) is 2.60. The number of amides is 1. The number of aromatic nitrogens is 1. The average Bonchev–Trinajstić information content (AvgIpc) is 3.07. The average molecular weight is 328 g/mol. The molecular formula is C16H16N4O2S. The molecule has 0 atom stereocenters. The van der Waals surface area contributed by atoms with Gasteiger partial charge >= 0.3 is 0 Å². The molecule has 3 rings (SSSR count). The van der Waals surface area contributed by atoms with Crippen molar-refractivity contribution < 1.29 is 9.53 Å². The number of anilines is 2. The number of hydrogen-bond donors (Lipinski definition) is 1. The number of ether oxygens (including phenoxy) is 1. The van der Waals surface area contributed by atoms with E-state index in [1.807, 2.05) is 35.7 Å². The second-order valence-electron chi connectivity index (χ2n) is 5.08. The second-order valence-corrected chi connectivity index (χ2v) is 5.91. The predicted octanol–water partition coefficient (Wildman–Crippen LogP) is 2.50. The van der Waals surface area contributed by atoms with Crippen LogP contribution in [0.5, 0.6) is 0 Å². The van der Waals surface area contributed by atoms with E-state index >= 15 is 0 Å². The molecule has 1 aromatic carbocycles. The summed E-state index contributed by atoms with van der Waals surface area (Å²) >= 11 is 1.63. The summed E-state index contributed by atoms with van der Waals surface area (Å²) in [6.45, 7) is 3.23. The van der Waals surface area contributed by atoms with Gasteiger partial charge in [0.2, 0.25) is 5.91 Å². The Balaban J connectivity index is 1.69. The summed E-state index contributed by atoms with van der Waals surface area (Å²) in [6, 6.07) is 9.29. The zero-order chi connectivity index (χ0) is 16.1. The van der Waals surface area contributed by atoms with Crippen molar-refractivity contribution in [2.24, 2.45) is 0 Å². The van der Waals surface area contributed by atoms with Gasteiger partial charge in [0, 0.05) is 29.7 Å². The molecule has 6 nitrogen and oxygen atoms in total. The maximum absolute atomic E-state index is 11.4. The quantitative estimate of drug-likeness (QED) is 0.933. The Hall–Kier alpha value is -2.43. The minimum atomic E-state index is -0.302. The third-order valence-corrected chi connectivity index (χ3v) is 4.38. The number of hydrogen-bond acceptors (Lipinski definition) is 6. The monoisotopic (exact) mass is 328 g/mol. The summed E-state index contributed by atoms with van der Waals surface area (Å²) in [6.07, 6.45) is -0.142. The smallest absolute Gasteiger partial charge is 0.238 e. The molecule has 0 bridgehead atoms. The molecule has 2 aromatic rings. The second kappa shape index (κ2) is 7.22. The van der Waals surface area contributed by atoms with Crippen molar-refractivity contribution in [3.05, 3.63) is 29.6 Å². The number of carbonyl (C=O) groups is 1. The lowest BCUT2D eigenvalue weighted by molar-refractivity contribution is -0.115. The molecule has 0 aliphatic carbocycles. The van der Waals surface area contributed by atoms with Crippen molar-refractivity contribution in [3.63, 3.8) is 0 Å². The van der Waals surface area contributed by atoms with Gasteiger partial charge in [-0.1, -0.05) is 12.1 Å². The number of nitrogens with one attached hydrogen (secondary N) is 1. The molecule has 1 saturated heterocycles. The Labute approximate surface area is 138 Å². The number of morpholine rings is 1. The summed E-state index contributed by atoms with van der Waals surface area (Å²) in [4.78, 5) is 18.3. The number of thiazole rings is 1. The van der Waals surface area contributed by atoms with Crippen LogP contribution in [0.15, 0.2) is 29.6 Å². The van der Waals surface area contributed by atoms with Crippen LogP contribution in [0.2, 0.25) is 0 Å². The van der Waals surface area contributed by atoms with E-state index in [9.17, 15) is 4.79 Å². The van der Waals surface area contributed by atoms with Gasteiger partial charge < -0.3 is 15.0 Å². The lowest BCUT2D eigenvalue weighted by Crippen LogP contribution is -2.36. The number of nitriles is 1. The Morgan fingerprint density at radius 2 is 2.09 bits per heavy atom. The maximum Gasteiger partial charge on any atom is 0.238 e. The molecule has 118 valence electrons. The molecule has 1 fully saturated rings. The van der Waals surface area contributed by atoms with Crippen molar-refractivity contribution in [2.45, 2.75) is 6.42 Å². The van der Waals surface area contributed by atoms with Crippen LogP contribution < -0.4 is 10.2 Å². The van der Waals surface area contributed by atoms with Gasteiger partial charge in [-0.3, -0.25) is 4.79 Å². The molecule has 7 heteroatoms. The van der Waals surface area contributed by atoms with E-state index in [0.717, 1.165) is 42.7 Å². The van der Waals surface area contributed by atoms with E-state index in [-0.39, 0.29) is 12.3 Å². The third-order valence-electron chi connectivity index (χ3n) is 3.48. The summed E-state index contributed by atoms with van der Waals surface area (Å²) in [7, 11) is 0. The van der Waals surface area contributed by atoms with Gasteiger partial charge in [0.05, 0.1) is 25.0 Å². The van der Waals surface area contributed by atoms with E-state index < -0.39 is 0 Å². The first kappa shape index (κ1) is 15.5. The van der Waals surface area contributed by atoms with Gasteiger partial charge in [0.25, 0.3) is 0 Å². The topological polar surface area (TPSA) is 78.2 Å². The molecule has 1 N–H and O–H groups in total. The van der Waals surface area contributed by atoms with Gasteiger partial charge in [0.1, 0.15) is 6.42 Å². The van der Waals surface area contributed by atoms with Gasteiger partial charge in [0.15, 0.2) is 5.13 Å². The summed E-state index contributed by atoms with van der Waals surface area (Å²) in [5.74, 6) is -0.302. The van der Waals surface area contributed by atoms with Gasteiger partial charge in [-0.15, -0.1) is 11.3 Å². The molecule has 0 unspecified atom stereocenters. The standard InChI is InChI=1S/C16H16N4O2S/c17-6-5-15(21)18-13-3-1-12(2-4-13)14-11-23-16(19-14)20-7-9-22-10-8-20/h1-4,11H,5,7-10H2,(H,18,21). The van der Waals surface area contributed by atoms with Crippen molar-refractivity contribution in [1.29, 1.82) is 5.26 Å². The first-order valence-electron chi connectivity index (χ1n) is 7.32. The van der Waals surface area contributed by atoms with E-state index in [1.165, 1.54) is 0 Å².